The van der Waals surface area contributed by atoms with Gasteiger partial charge in [0.25, 0.3) is 0 Å². The molecule has 1 unspecified atom stereocenters. The summed E-state index contributed by atoms with van der Waals surface area (Å²) >= 11 is 1.71. The maximum atomic E-state index is 13.6. The van der Waals surface area contributed by atoms with E-state index < -0.39 is 28.9 Å². The summed E-state index contributed by atoms with van der Waals surface area (Å²) in [6, 6.07) is 8.79. The van der Waals surface area contributed by atoms with Crippen LogP contribution in [-0.4, -0.2) is 40.5 Å². The van der Waals surface area contributed by atoms with Gasteiger partial charge in [-0.05, 0) is 51.1 Å². The molecule has 162 valence electrons. The summed E-state index contributed by atoms with van der Waals surface area (Å²) in [7, 11) is 2.73. The first kappa shape index (κ1) is 24.2. The normalized spacial score (nSPS) is 12.3. The third kappa shape index (κ3) is 6.20. The van der Waals surface area contributed by atoms with Gasteiger partial charge in [0.05, 0.1) is 25.5 Å². The highest BCUT2D eigenvalue weighted by atomic mass is 79.9. The number of halogens is 2. The molecule has 2 aromatic rings. The quantitative estimate of drug-likeness (QED) is 0.418. The number of ether oxygens (including phenoxy) is 2. The molecule has 0 aliphatic heterocycles. The lowest BCUT2D eigenvalue weighted by atomic mass is 10.0. The largest absolute Gasteiger partial charge is 0.593 e. The Bertz CT molecular complexity index is 947. The Morgan fingerprint density at radius 2 is 1.87 bits per heavy atom. The minimum absolute atomic E-state index is 0.0193. The summed E-state index contributed by atoms with van der Waals surface area (Å²) in [5.41, 5.74) is 0.598. The second kappa shape index (κ2) is 9.80. The molecule has 0 radical (unpaired) electrons. The first-order valence-electron chi connectivity index (χ1n) is 8.95. The zero-order valence-electron chi connectivity index (χ0n) is 17.3. The SMILES string of the molecule is COc1cc(C(=O)c2ccc(C[S+]([O-])N(C)C(=O)OC(C)(C)C)cc2Br)ccc1F. The van der Waals surface area contributed by atoms with Gasteiger partial charge in [-0.15, -0.1) is 4.31 Å². The Balaban J connectivity index is 2.15. The number of benzene rings is 2. The molecule has 0 aromatic heterocycles. The first-order chi connectivity index (χ1) is 13.9. The van der Waals surface area contributed by atoms with Crippen molar-refractivity contribution in [1.29, 1.82) is 0 Å². The number of ketones is 1. The smallest absolute Gasteiger partial charge is 0.451 e. The number of methoxy groups -OCH3 is 1. The highest BCUT2D eigenvalue weighted by molar-refractivity contribution is 9.10. The van der Waals surface area contributed by atoms with Crippen molar-refractivity contribution in [2.75, 3.05) is 14.2 Å². The van der Waals surface area contributed by atoms with E-state index in [1.165, 1.54) is 32.4 Å². The van der Waals surface area contributed by atoms with Crippen LogP contribution < -0.4 is 4.74 Å². The number of nitrogens with zero attached hydrogens (tertiary/aromatic N) is 1. The summed E-state index contributed by atoms with van der Waals surface area (Å²) in [6.45, 7) is 5.18. The van der Waals surface area contributed by atoms with Gasteiger partial charge in [0, 0.05) is 21.2 Å². The predicted molar refractivity (Wildman–Crippen MR) is 116 cm³/mol. The molecule has 1 atom stereocenters. The van der Waals surface area contributed by atoms with Gasteiger partial charge < -0.3 is 14.0 Å². The Labute approximate surface area is 186 Å². The minimum atomic E-state index is -1.65. The van der Waals surface area contributed by atoms with Crippen LogP contribution in [0, 0.1) is 5.82 Å². The maximum Gasteiger partial charge on any atom is 0.451 e. The molecule has 6 nitrogen and oxygen atoms in total. The van der Waals surface area contributed by atoms with Crippen molar-refractivity contribution in [2.45, 2.75) is 32.1 Å². The van der Waals surface area contributed by atoms with Gasteiger partial charge in [-0.25, -0.2) is 9.18 Å². The van der Waals surface area contributed by atoms with E-state index in [4.69, 9.17) is 9.47 Å². The molecule has 0 aliphatic carbocycles. The van der Waals surface area contributed by atoms with Gasteiger partial charge in [0.1, 0.15) is 5.60 Å². The topological polar surface area (TPSA) is 78.9 Å². The maximum absolute atomic E-state index is 13.6. The van der Waals surface area contributed by atoms with Crippen LogP contribution in [0.25, 0.3) is 0 Å². The van der Waals surface area contributed by atoms with Crippen LogP contribution >= 0.6 is 15.9 Å². The number of hydrogen-bond acceptors (Lipinski definition) is 5. The summed E-state index contributed by atoms with van der Waals surface area (Å²) in [5.74, 6) is -0.833. The average molecular weight is 500 g/mol. The number of hydrogen-bond donors (Lipinski definition) is 0. The Morgan fingerprint density at radius 3 is 2.43 bits per heavy atom. The van der Waals surface area contributed by atoms with Crippen LogP contribution in [0.15, 0.2) is 40.9 Å². The van der Waals surface area contributed by atoms with Gasteiger partial charge in [0.2, 0.25) is 0 Å². The molecule has 0 spiro atoms. The molecule has 2 aromatic carbocycles. The van der Waals surface area contributed by atoms with Crippen LogP contribution in [0.1, 0.15) is 42.3 Å². The minimum Gasteiger partial charge on any atom is -0.593 e. The Hall–Kier alpha value is -2.10. The Kier molecular flexibility index (Phi) is 7.90. The molecule has 0 saturated heterocycles. The Morgan fingerprint density at radius 1 is 1.20 bits per heavy atom. The molecule has 0 aliphatic rings. The van der Waals surface area contributed by atoms with Crippen LogP contribution in [0.4, 0.5) is 9.18 Å². The van der Waals surface area contributed by atoms with E-state index in [-0.39, 0.29) is 22.8 Å². The van der Waals surface area contributed by atoms with E-state index in [9.17, 15) is 18.5 Å². The van der Waals surface area contributed by atoms with Crippen molar-refractivity contribution in [2.24, 2.45) is 0 Å². The fraction of sp³-hybridized carbons (Fsp3) is 0.333. The first-order valence-corrected chi connectivity index (χ1v) is 11.0. The van der Waals surface area contributed by atoms with Gasteiger partial charge in [-0.1, -0.05) is 22.0 Å². The van der Waals surface area contributed by atoms with E-state index in [1.54, 1.807) is 39.0 Å². The summed E-state index contributed by atoms with van der Waals surface area (Å²) in [5, 5.41) is 0. The standard InChI is InChI=1S/C21H23BrFNO5S/c1-21(2,3)29-20(26)24(4)30(27)12-13-6-8-15(16(22)10-13)19(25)14-7-9-17(23)18(11-14)28-5/h6-11H,12H2,1-5H3. The van der Waals surface area contributed by atoms with Crippen LogP contribution in [0.5, 0.6) is 5.75 Å². The predicted octanol–water partition coefficient (Wildman–Crippen LogP) is 4.86. The number of carbonyl (C=O) groups is 2. The van der Waals surface area contributed by atoms with Crippen molar-refractivity contribution in [1.82, 2.24) is 4.31 Å². The number of amides is 1. The second-order valence-electron chi connectivity index (χ2n) is 7.44. The van der Waals surface area contributed by atoms with E-state index in [0.717, 1.165) is 4.31 Å². The summed E-state index contributed by atoms with van der Waals surface area (Å²) in [4.78, 5) is 24.8. The molecule has 0 saturated carbocycles. The average Bonchev–Trinajstić information content (AvgIpc) is 2.66. The van der Waals surface area contributed by atoms with Crippen LogP contribution in [-0.2, 0) is 21.9 Å². The molecule has 0 heterocycles. The number of carbonyl (C=O) groups excluding carboxylic acids is 2. The molecule has 9 heteroatoms. The molecule has 30 heavy (non-hydrogen) atoms. The third-order valence-corrected chi connectivity index (χ3v) is 5.93. The van der Waals surface area contributed by atoms with Gasteiger partial charge in [-0.2, -0.15) is 0 Å². The second-order valence-corrected chi connectivity index (χ2v) is 9.77. The van der Waals surface area contributed by atoms with Crippen molar-refractivity contribution < 1.29 is 28.0 Å². The monoisotopic (exact) mass is 499 g/mol. The zero-order valence-corrected chi connectivity index (χ0v) is 19.7. The van der Waals surface area contributed by atoms with Crippen molar-refractivity contribution in [3.8, 4) is 5.75 Å². The summed E-state index contributed by atoms with van der Waals surface area (Å²) in [6.07, 6.45) is -0.683. The summed E-state index contributed by atoms with van der Waals surface area (Å²) < 4.78 is 37.7. The number of rotatable bonds is 6. The van der Waals surface area contributed by atoms with Crippen molar-refractivity contribution in [3.63, 3.8) is 0 Å². The molecular weight excluding hydrogens is 477 g/mol. The fourth-order valence-corrected chi connectivity index (χ4v) is 3.91. The van der Waals surface area contributed by atoms with Crippen molar-refractivity contribution >= 4 is 39.2 Å². The lowest BCUT2D eigenvalue weighted by molar-refractivity contribution is 0.0420. The van der Waals surface area contributed by atoms with Gasteiger partial charge in [0.15, 0.2) is 23.1 Å². The molecule has 2 rings (SSSR count). The highest BCUT2D eigenvalue weighted by Gasteiger charge is 2.28. The molecule has 0 bridgehead atoms. The van der Waals surface area contributed by atoms with E-state index in [0.29, 0.717) is 15.6 Å². The third-order valence-electron chi connectivity index (χ3n) is 3.94. The molecule has 0 N–H and O–H groups in total. The van der Waals surface area contributed by atoms with Crippen LogP contribution in [0.2, 0.25) is 0 Å². The van der Waals surface area contributed by atoms with Gasteiger partial charge >= 0.3 is 6.09 Å². The van der Waals surface area contributed by atoms with Gasteiger partial charge in [-0.3, -0.25) is 4.79 Å². The molecule has 0 fully saturated rings. The lowest BCUT2D eigenvalue weighted by Gasteiger charge is -2.25. The lowest BCUT2D eigenvalue weighted by Crippen LogP contribution is -2.38. The zero-order chi connectivity index (χ0) is 22.6. The fourth-order valence-electron chi connectivity index (χ4n) is 2.44. The highest BCUT2D eigenvalue weighted by Crippen LogP contribution is 2.26. The molecule has 1 amide bonds. The van der Waals surface area contributed by atoms with Crippen molar-refractivity contribution in [3.05, 3.63) is 63.4 Å². The van der Waals surface area contributed by atoms with E-state index in [2.05, 4.69) is 15.9 Å². The van der Waals surface area contributed by atoms with E-state index in [1.807, 2.05) is 0 Å². The molecular formula is C21H23BrFNO5S. The van der Waals surface area contributed by atoms with Crippen LogP contribution in [0.3, 0.4) is 0 Å². The van der Waals surface area contributed by atoms with E-state index >= 15 is 0 Å².